The van der Waals surface area contributed by atoms with Gasteiger partial charge in [-0.3, -0.25) is 19.2 Å². The van der Waals surface area contributed by atoms with Crippen LogP contribution >= 0.6 is 23.2 Å². The third-order valence-electron chi connectivity index (χ3n) is 10.1. The van der Waals surface area contributed by atoms with E-state index in [1.807, 2.05) is 13.8 Å². The lowest BCUT2D eigenvalue weighted by atomic mass is 9.83. The molecule has 0 bridgehead atoms. The number of halogens is 2. The van der Waals surface area contributed by atoms with Crippen LogP contribution in [0, 0.1) is 17.3 Å². The van der Waals surface area contributed by atoms with E-state index in [2.05, 4.69) is 21.3 Å². The highest BCUT2D eigenvalue weighted by Crippen LogP contribution is 2.65. The number of fused-ring (bicyclic) bond motifs is 1. The minimum atomic E-state index is -3.59. The number of Topliss-reactive ketones (excluding diaryl/α,β-unsaturated/α-hetero) is 1. The van der Waals surface area contributed by atoms with E-state index in [1.165, 1.54) is 4.90 Å². The number of urea groups is 1. The number of carbonyl (C=O) groups excluding carboxylic acids is 5. The van der Waals surface area contributed by atoms with Gasteiger partial charge in [0.25, 0.3) is 5.91 Å². The van der Waals surface area contributed by atoms with Gasteiger partial charge in [0.15, 0.2) is 9.84 Å². The zero-order valence-electron chi connectivity index (χ0n) is 30.3. The van der Waals surface area contributed by atoms with Crippen LogP contribution in [-0.4, -0.2) is 94.4 Å². The topological polar surface area (TPSA) is 171 Å². The van der Waals surface area contributed by atoms with Crippen molar-refractivity contribution in [1.29, 1.82) is 0 Å². The van der Waals surface area contributed by atoms with Gasteiger partial charge >= 0.3 is 6.03 Å². The molecule has 0 aromatic heterocycles. The molecule has 1 unspecified atom stereocenters. The summed E-state index contributed by atoms with van der Waals surface area (Å²) in [4.78, 5) is 69.0. The summed E-state index contributed by atoms with van der Waals surface area (Å²) in [5.74, 6) is -3.97. The maximum Gasteiger partial charge on any atom is 0.315 e. The quantitative estimate of drug-likeness (QED) is 0.154. The van der Waals surface area contributed by atoms with Gasteiger partial charge in [-0.25, -0.2) is 13.2 Å². The second-order valence-electron chi connectivity index (χ2n) is 16.2. The van der Waals surface area contributed by atoms with Crippen molar-refractivity contribution in [3.63, 3.8) is 0 Å². The molecule has 15 heteroatoms. The number of amides is 5. The average Bonchev–Trinajstić information content (AvgIpc) is 3.30. The molecule has 1 heterocycles. The predicted molar refractivity (Wildman–Crippen MR) is 191 cm³/mol. The molecule has 2 saturated carbocycles. The summed E-state index contributed by atoms with van der Waals surface area (Å²) in [5.41, 5.74) is -1.81. The highest BCUT2D eigenvalue weighted by molar-refractivity contribution is 7.92. The summed E-state index contributed by atoms with van der Waals surface area (Å²) < 4.78 is 24.3. The number of hydrogen-bond donors (Lipinski definition) is 4. The SMILES string of the molecule is CCCCC(NC(=O)[C@@H]1[C@@H]2[C@H](CN1C(=O)[C@@H](NC(=O)NC1(CS(=O)(=O)C(C)(C)C)CCCCC1)C(C)(C)C)C2(Cl)Cl)C(=O)C(=O)NCCC. The molecular formula is C34H57Cl2N5O7S. The summed E-state index contributed by atoms with van der Waals surface area (Å²) in [6.07, 6.45) is 5.61. The number of rotatable bonds is 14. The Labute approximate surface area is 302 Å². The van der Waals surface area contributed by atoms with Crippen molar-refractivity contribution < 1.29 is 32.4 Å². The number of ketones is 1. The van der Waals surface area contributed by atoms with Crippen LogP contribution in [0.15, 0.2) is 0 Å². The highest BCUT2D eigenvalue weighted by Gasteiger charge is 2.74. The van der Waals surface area contributed by atoms with E-state index < -0.39 is 89.4 Å². The van der Waals surface area contributed by atoms with Crippen molar-refractivity contribution in [3.8, 4) is 0 Å². The van der Waals surface area contributed by atoms with E-state index in [0.29, 0.717) is 32.2 Å². The molecule has 280 valence electrons. The fraction of sp³-hybridized carbons (Fsp3) is 0.853. The third-order valence-corrected chi connectivity index (χ3v) is 14.0. The Morgan fingerprint density at radius 3 is 2.06 bits per heavy atom. The predicted octanol–water partition coefficient (Wildman–Crippen LogP) is 4.02. The molecule has 12 nitrogen and oxygen atoms in total. The first kappa shape index (κ1) is 41.3. The fourth-order valence-electron chi connectivity index (χ4n) is 6.89. The Bertz CT molecular complexity index is 1370. The Kier molecular flexibility index (Phi) is 13.2. The van der Waals surface area contributed by atoms with Gasteiger partial charge in [-0.1, -0.05) is 66.7 Å². The Balaban J connectivity index is 1.86. The first-order chi connectivity index (χ1) is 22.5. The first-order valence-electron chi connectivity index (χ1n) is 17.6. The fourth-order valence-corrected chi connectivity index (χ4v) is 9.24. The van der Waals surface area contributed by atoms with Crippen LogP contribution in [0.4, 0.5) is 4.79 Å². The van der Waals surface area contributed by atoms with Crippen LogP contribution < -0.4 is 21.3 Å². The zero-order valence-corrected chi connectivity index (χ0v) is 32.7. The Hall–Kier alpha value is -2.12. The summed E-state index contributed by atoms with van der Waals surface area (Å²) in [5, 5.41) is 11.1. The van der Waals surface area contributed by atoms with Crippen molar-refractivity contribution in [3.05, 3.63) is 0 Å². The maximum absolute atomic E-state index is 14.4. The number of nitrogens with zero attached hydrogens (tertiary/aromatic N) is 1. The molecule has 0 aromatic rings. The summed E-state index contributed by atoms with van der Waals surface area (Å²) >= 11 is 13.1. The van der Waals surface area contributed by atoms with E-state index in [4.69, 9.17) is 23.2 Å². The van der Waals surface area contributed by atoms with Gasteiger partial charge in [-0.2, -0.15) is 0 Å². The minimum absolute atomic E-state index is 0.0583. The summed E-state index contributed by atoms with van der Waals surface area (Å²) in [6.45, 7) is 14.4. The van der Waals surface area contributed by atoms with Crippen LogP contribution in [0.25, 0.3) is 0 Å². The van der Waals surface area contributed by atoms with Crippen molar-refractivity contribution in [2.45, 2.75) is 146 Å². The number of piperidine rings is 1. The monoisotopic (exact) mass is 749 g/mol. The van der Waals surface area contributed by atoms with Crippen LogP contribution in [0.2, 0.25) is 0 Å². The molecule has 0 spiro atoms. The van der Waals surface area contributed by atoms with E-state index in [1.54, 1.807) is 41.5 Å². The molecule has 2 aliphatic carbocycles. The molecule has 0 aromatic carbocycles. The lowest BCUT2D eigenvalue weighted by Gasteiger charge is -2.41. The van der Waals surface area contributed by atoms with Crippen LogP contribution in [0.5, 0.6) is 0 Å². The molecule has 0 radical (unpaired) electrons. The van der Waals surface area contributed by atoms with Gasteiger partial charge < -0.3 is 26.2 Å². The molecule has 3 aliphatic rings. The third kappa shape index (κ3) is 9.61. The van der Waals surface area contributed by atoms with Crippen molar-refractivity contribution in [2.75, 3.05) is 18.8 Å². The zero-order chi connectivity index (χ0) is 37.2. The summed E-state index contributed by atoms with van der Waals surface area (Å²) in [7, 11) is -3.59. The largest absolute Gasteiger partial charge is 0.349 e. The van der Waals surface area contributed by atoms with Crippen molar-refractivity contribution in [1.82, 2.24) is 26.2 Å². The lowest BCUT2D eigenvalue weighted by Crippen LogP contribution is -2.64. The van der Waals surface area contributed by atoms with E-state index >= 15 is 0 Å². The van der Waals surface area contributed by atoms with E-state index in [-0.39, 0.29) is 18.7 Å². The normalized spacial score (nSPS) is 24.2. The highest BCUT2D eigenvalue weighted by atomic mass is 35.5. The molecule has 49 heavy (non-hydrogen) atoms. The second-order valence-corrected chi connectivity index (χ2v) is 20.4. The lowest BCUT2D eigenvalue weighted by molar-refractivity contribution is -0.144. The smallest absolute Gasteiger partial charge is 0.315 e. The molecule has 5 atom stereocenters. The molecule has 3 fully saturated rings. The van der Waals surface area contributed by atoms with E-state index in [0.717, 1.165) is 25.7 Å². The Morgan fingerprint density at radius 1 is 0.918 bits per heavy atom. The van der Waals surface area contributed by atoms with Crippen molar-refractivity contribution >= 4 is 62.6 Å². The Morgan fingerprint density at radius 2 is 1.53 bits per heavy atom. The van der Waals surface area contributed by atoms with E-state index in [9.17, 15) is 32.4 Å². The number of hydrogen-bond acceptors (Lipinski definition) is 7. The number of alkyl halides is 2. The van der Waals surface area contributed by atoms with Gasteiger partial charge in [0, 0.05) is 24.9 Å². The second kappa shape index (κ2) is 15.6. The number of carbonyl (C=O) groups is 5. The van der Waals surface area contributed by atoms with Gasteiger partial charge in [0.1, 0.15) is 16.4 Å². The number of nitrogens with one attached hydrogen (secondary N) is 4. The number of unbranched alkanes of at least 4 members (excludes halogenated alkanes) is 1. The van der Waals surface area contributed by atoms with Crippen LogP contribution in [-0.2, 0) is 29.0 Å². The minimum Gasteiger partial charge on any atom is -0.349 e. The molecular weight excluding hydrogens is 693 g/mol. The molecule has 5 amide bonds. The van der Waals surface area contributed by atoms with Crippen molar-refractivity contribution in [2.24, 2.45) is 17.3 Å². The molecule has 4 N–H and O–H groups in total. The van der Waals surface area contributed by atoms with Gasteiger partial charge in [-0.05, 0) is 51.9 Å². The van der Waals surface area contributed by atoms with Gasteiger partial charge in [-0.15, -0.1) is 23.2 Å². The van der Waals surface area contributed by atoms with Crippen LogP contribution in [0.1, 0.15) is 113 Å². The number of likely N-dealkylation sites (tertiary alicyclic amines) is 1. The van der Waals surface area contributed by atoms with Gasteiger partial charge in [0.05, 0.1) is 22.1 Å². The molecule has 1 saturated heterocycles. The van der Waals surface area contributed by atoms with Gasteiger partial charge in [0.2, 0.25) is 17.6 Å². The number of sulfone groups is 1. The molecule has 3 rings (SSSR count). The first-order valence-corrected chi connectivity index (χ1v) is 20.1. The standard InChI is InChI=1S/C34H57Cl2N5O7S/c1-9-11-15-22(25(42)28(44)37-18-10-2)38-27(43)24-23-21(34(23,35)36)19-41(24)29(45)26(31(3,4)5)39-30(46)40-33(16-13-12-14-17-33)20-49(47,48)32(6,7)8/h21-24,26H,9-20H2,1-8H3,(H,37,44)(H,38,43)(H2,39,40,46)/t21-,22?,23-,24-,26+/m0/s1. The molecule has 1 aliphatic heterocycles. The van der Waals surface area contributed by atoms with Crippen LogP contribution in [0.3, 0.4) is 0 Å². The summed E-state index contributed by atoms with van der Waals surface area (Å²) in [6, 6.07) is -4.02. The average molecular weight is 751 g/mol. The maximum atomic E-state index is 14.4.